The average molecular weight is 445 g/mol. The molecule has 0 heterocycles. The minimum atomic E-state index is -1.27. The van der Waals surface area contributed by atoms with Crippen LogP contribution in [0.25, 0.3) is 0 Å². The number of unbranched alkanes of at least 4 members (excludes halogenated alkanes) is 10. The van der Waals surface area contributed by atoms with Gasteiger partial charge in [0.25, 0.3) is 0 Å². The number of carboxylic acid groups (broad SMARTS) is 2. The van der Waals surface area contributed by atoms with E-state index in [9.17, 15) is 19.8 Å². The van der Waals surface area contributed by atoms with Crippen molar-refractivity contribution in [1.29, 1.82) is 0 Å². The van der Waals surface area contributed by atoms with Gasteiger partial charge in [0.05, 0.1) is 45.0 Å². The summed E-state index contributed by atoms with van der Waals surface area (Å²) in [6.07, 6.45) is 13.9. The lowest BCUT2D eigenvalue weighted by Gasteiger charge is -2.35. The molecule has 0 atom stereocenters. The van der Waals surface area contributed by atoms with Crippen LogP contribution in [0.4, 0.5) is 0 Å². The molecule has 0 bridgehead atoms. The molecule has 7 heteroatoms. The standard InChI is InChI=1S/C24H46O7/c1-3-5-7-9-11-13-15-24(23(27)28,16-14-12-10-8-6-4-2)31-20-19-29-17-18-30-21-22(25)26/h3-21H2,1-2H3,(H,25,26)(H,27,28)/p-2. The van der Waals surface area contributed by atoms with Gasteiger partial charge in [0.2, 0.25) is 0 Å². The average Bonchev–Trinajstić information content (AvgIpc) is 2.73. The van der Waals surface area contributed by atoms with Crippen molar-refractivity contribution in [3.63, 3.8) is 0 Å². The van der Waals surface area contributed by atoms with Gasteiger partial charge in [0.1, 0.15) is 5.60 Å². The Hall–Kier alpha value is -1.18. The molecule has 0 aromatic heterocycles. The van der Waals surface area contributed by atoms with E-state index in [1.54, 1.807) is 0 Å². The minimum Gasteiger partial charge on any atom is -0.548 e. The molecule has 31 heavy (non-hydrogen) atoms. The molecule has 0 aliphatic carbocycles. The fraction of sp³-hybridized carbons (Fsp3) is 0.917. The maximum Gasteiger partial charge on any atom is 0.107 e. The number of rotatable bonds is 24. The predicted octanol–water partition coefficient (Wildman–Crippen LogP) is 2.78. The number of carbonyl (C=O) groups excluding carboxylic acids is 2. The van der Waals surface area contributed by atoms with Gasteiger partial charge in [-0.05, 0) is 12.8 Å². The number of carbonyl (C=O) groups is 2. The van der Waals surface area contributed by atoms with Crippen LogP contribution in [-0.4, -0.2) is 50.6 Å². The Balaban J connectivity index is 4.44. The molecule has 0 aliphatic heterocycles. The van der Waals surface area contributed by atoms with Crippen LogP contribution in [0.3, 0.4) is 0 Å². The van der Waals surface area contributed by atoms with Crippen molar-refractivity contribution in [2.75, 3.05) is 33.0 Å². The first kappa shape index (κ1) is 29.8. The molecule has 0 saturated carbocycles. The van der Waals surface area contributed by atoms with E-state index < -0.39 is 24.1 Å². The zero-order chi connectivity index (χ0) is 23.2. The molecule has 0 aromatic rings. The summed E-state index contributed by atoms with van der Waals surface area (Å²) in [5.74, 6) is -2.40. The Morgan fingerprint density at radius 1 is 0.645 bits per heavy atom. The summed E-state index contributed by atoms with van der Waals surface area (Å²) in [5, 5.41) is 22.3. The maximum atomic E-state index is 12.1. The summed E-state index contributed by atoms with van der Waals surface area (Å²) in [6, 6.07) is 0. The summed E-state index contributed by atoms with van der Waals surface area (Å²) >= 11 is 0. The Bertz CT molecular complexity index is 424. The van der Waals surface area contributed by atoms with E-state index in [-0.39, 0.29) is 26.4 Å². The van der Waals surface area contributed by atoms with E-state index in [1.165, 1.54) is 38.5 Å². The fourth-order valence-corrected chi connectivity index (χ4v) is 3.59. The van der Waals surface area contributed by atoms with E-state index in [1.807, 2.05) is 0 Å². The van der Waals surface area contributed by atoms with E-state index in [0.29, 0.717) is 12.8 Å². The molecule has 0 N–H and O–H groups in total. The van der Waals surface area contributed by atoms with Gasteiger partial charge in [-0.15, -0.1) is 0 Å². The first-order valence-corrected chi connectivity index (χ1v) is 12.2. The second kappa shape index (κ2) is 20.7. The van der Waals surface area contributed by atoms with Crippen molar-refractivity contribution < 1.29 is 34.0 Å². The summed E-state index contributed by atoms with van der Waals surface area (Å²) in [4.78, 5) is 22.3. The Labute approximate surface area is 188 Å². The van der Waals surface area contributed by atoms with Gasteiger partial charge in [-0.1, -0.05) is 90.9 Å². The summed E-state index contributed by atoms with van der Waals surface area (Å²) in [5.41, 5.74) is -1.26. The van der Waals surface area contributed by atoms with Gasteiger partial charge >= 0.3 is 0 Å². The van der Waals surface area contributed by atoms with Crippen LogP contribution < -0.4 is 10.2 Å². The molecule has 0 radical (unpaired) electrons. The van der Waals surface area contributed by atoms with Crippen molar-refractivity contribution >= 4 is 11.9 Å². The van der Waals surface area contributed by atoms with Gasteiger partial charge < -0.3 is 34.0 Å². The number of ether oxygens (including phenoxy) is 3. The monoisotopic (exact) mass is 444 g/mol. The molecule has 0 aliphatic rings. The van der Waals surface area contributed by atoms with Gasteiger partial charge in [-0.25, -0.2) is 0 Å². The Morgan fingerprint density at radius 3 is 1.58 bits per heavy atom. The molecular formula is C24H44O7-2. The fourth-order valence-electron chi connectivity index (χ4n) is 3.59. The van der Waals surface area contributed by atoms with Crippen molar-refractivity contribution in [2.24, 2.45) is 0 Å². The highest BCUT2D eigenvalue weighted by Gasteiger charge is 2.31. The lowest BCUT2D eigenvalue weighted by atomic mass is 9.89. The summed E-state index contributed by atoms with van der Waals surface area (Å²) in [7, 11) is 0. The van der Waals surface area contributed by atoms with Crippen LogP contribution in [0, 0.1) is 0 Å². The van der Waals surface area contributed by atoms with Crippen molar-refractivity contribution in [3.05, 3.63) is 0 Å². The molecule has 0 aromatic carbocycles. The second-order valence-electron chi connectivity index (χ2n) is 8.20. The number of hydrogen-bond donors (Lipinski definition) is 0. The lowest BCUT2D eigenvalue weighted by molar-refractivity contribution is -0.329. The highest BCUT2D eigenvalue weighted by atomic mass is 16.6. The third-order valence-electron chi connectivity index (χ3n) is 5.44. The number of aliphatic carboxylic acids is 2. The Kier molecular flexibility index (Phi) is 19.9. The van der Waals surface area contributed by atoms with E-state index in [2.05, 4.69) is 13.8 Å². The topological polar surface area (TPSA) is 108 Å². The minimum absolute atomic E-state index is 0.134. The van der Waals surface area contributed by atoms with Crippen LogP contribution in [0.1, 0.15) is 104 Å². The quantitative estimate of drug-likeness (QED) is 0.211. The molecule has 0 amide bonds. The molecule has 0 spiro atoms. The third-order valence-corrected chi connectivity index (χ3v) is 5.44. The van der Waals surface area contributed by atoms with E-state index in [0.717, 1.165) is 38.5 Å². The smallest absolute Gasteiger partial charge is 0.107 e. The molecular weight excluding hydrogens is 400 g/mol. The van der Waals surface area contributed by atoms with Crippen LogP contribution in [0.15, 0.2) is 0 Å². The molecule has 0 saturated heterocycles. The Morgan fingerprint density at radius 2 is 1.10 bits per heavy atom. The van der Waals surface area contributed by atoms with Crippen LogP contribution >= 0.6 is 0 Å². The van der Waals surface area contributed by atoms with Crippen molar-refractivity contribution in [3.8, 4) is 0 Å². The first-order chi connectivity index (χ1) is 15.0. The maximum absolute atomic E-state index is 12.1. The van der Waals surface area contributed by atoms with Gasteiger partial charge in [0.15, 0.2) is 0 Å². The van der Waals surface area contributed by atoms with Crippen LogP contribution in [0.2, 0.25) is 0 Å². The van der Waals surface area contributed by atoms with Crippen molar-refractivity contribution in [1.82, 2.24) is 0 Å². The zero-order valence-corrected chi connectivity index (χ0v) is 19.8. The van der Waals surface area contributed by atoms with Gasteiger partial charge in [-0.2, -0.15) is 0 Å². The zero-order valence-electron chi connectivity index (χ0n) is 19.8. The molecule has 184 valence electrons. The number of hydrogen-bond acceptors (Lipinski definition) is 7. The molecule has 0 rings (SSSR count). The highest BCUT2D eigenvalue weighted by molar-refractivity contribution is 5.75. The van der Waals surface area contributed by atoms with Crippen LogP contribution in [-0.2, 0) is 23.8 Å². The van der Waals surface area contributed by atoms with Gasteiger partial charge in [-0.3, -0.25) is 0 Å². The molecule has 0 fully saturated rings. The van der Waals surface area contributed by atoms with Crippen molar-refractivity contribution in [2.45, 2.75) is 109 Å². The van der Waals surface area contributed by atoms with E-state index in [4.69, 9.17) is 14.2 Å². The lowest BCUT2D eigenvalue weighted by Crippen LogP contribution is -2.51. The van der Waals surface area contributed by atoms with Crippen LogP contribution in [0.5, 0.6) is 0 Å². The predicted molar refractivity (Wildman–Crippen MR) is 116 cm³/mol. The first-order valence-electron chi connectivity index (χ1n) is 12.2. The second-order valence-corrected chi connectivity index (χ2v) is 8.20. The molecule has 7 nitrogen and oxygen atoms in total. The highest BCUT2D eigenvalue weighted by Crippen LogP contribution is 2.27. The number of carboxylic acids is 2. The summed E-state index contributed by atoms with van der Waals surface area (Å²) in [6.45, 7) is 4.60. The van der Waals surface area contributed by atoms with Gasteiger partial charge in [0, 0.05) is 0 Å². The summed E-state index contributed by atoms with van der Waals surface area (Å²) < 4.78 is 16.0. The third kappa shape index (κ3) is 17.1. The SMILES string of the molecule is CCCCCCCCC(CCCCCCCC)(OCCOCCOCC(=O)[O-])C(=O)[O-]. The molecule has 0 unspecified atom stereocenters. The normalized spacial score (nSPS) is 11.7. The van der Waals surface area contributed by atoms with E-state index >= 15 is 0 Å². The largest absolute Gasteiger partial charge is 0.548 e.